The van der Waals surface area contributed by atoms with Crippen LogP contribution in [0.3, 0.4) is 0 Å². The minimum atomic E-state index is 0.525. The van der Waals surface area contributed by atoms with Gasteiger partial charge in [0.05, 0.1) is 0 Å². The molecule has 2 nitrogen and oxygen atoms in total. The van der Waals surface area contributed by atoms with Crippen LogP contribution in [0.2, 0.25) is 0 Å². The zero-order chi connectivity index (χ0) is 13.9. The van der Waals surface area contributed by atoms with Crippen molar-refractivity contribution in [1.29, 1.82) is 0 Å². The van der Waals surface area contributed by atoms with Crippen molar-refractivity contribution in [2.75, 3.05) is 0 Å². The van der Waals surface area contributed by atoms with E-state index >= 15 is 0 Å². The molecule has 3 heteroatoms. The molecule has 0 saturated heterocycles. The fourth-order valence-electron chi connectivity index (χ4n) is 2.07. The Morgan fingerprint density at radius 3 is 2.15 bits per heavy atom. The van der Waals surface area contributed by atoms with Crippen molar-refractivity contribution in [3.63, 3.8) is 0 Å². The van der Waals surface area contributed by atoms with E-state index in [9.17, 15) is 0 Å². The summed E-state index contributed by atoms with van der Waals surface area (Å²) < 4.78 is 0. The first-order valence-corrected chi connectivity index (χ1v) is 7.55. The van der Waals surface area contributed by atoms with Crippen molar-refractivity contribution >= 4 is 11.3 Å². The lowest BCUT2D eigenvalue weighted by Crippen LogP contribution is -1.87. The second-order valence-corrected chi connectivity index (χ2v) is 6.04. The molecule has 0 N–H and O–H groups in total. The lowest BCUT2D eigenvalue weighted by Gasteiger charge is -2.05. The van der Waals surface area contributed by atoms with Crippen LogP contribution in [0.5, 0.6) is 0 Å². The average molecular weight is 280 g/mol. The topological polar surface area (TPSA) is 25.8 Å². The largest absolute Gasteiger partial charge is 0.148 e. The summed E-state index contributed by atoms with van der Waals surface area (Å²) in [7, 11) is 0. The first kappa shape index (κ1) is 13.0. The van der Waals surface area contributed by atoms with Gasteiger partial charge in [-0.15, -0.1) is 10.2 Å². The monoisotopic (exact) mass is 280 g/mol. The van der Waals surface area contributed by atoms with Gasteiger partial charge in [0.1, 0.15) is 10.0 Å². The molecule has 100 valence electrons. The first-order valence-electron chi connectivity index (χ1n) is 6.73. The Balaban J connectivity index is 1.96. The molecule has 0 radical (unpaired) electrons. The van der Waals surface area contributed by atoms with Crippen LogP contribution in [0.4, 0.5) is 0 Å². The van der Waals surface area contributed by atoms with Crippen LogP contribution in [-0.2, 0) is 0 Å². The van der Waals surface area contributed by atoms with Crippen molar-refractivity contribution in [2.24, 2.45) is 0 Å². The first-order chi connectivity index (χ1) is 9.74. The molecule has 2 aromatic carbocycles. The summed E-state index contributed by atoms with van der Waals surface area (Å²) in [4.78, 5) is 0. The van der Waals surface area contributed by atoms with Gasteiger partial charge in [0.25, 0.3) is 0 Å². The Bertz CT molecular complexity index is 702. The van der Waals surface area contributed by atoms with Gasteiger partial charge in [-0.25, -0.2) is 0 Å². The summed E-state index contributed by atoms with van der Waals surface area (Å²) in [5, 5.41) is 10.6. The zero-order valence-corrected chi connectivity index (χ0v) is 12.4. The van der Waals surface area contributed by atoms with Gasteiger partial charge >= 0.3 is 0 Å². The second kappa shape index (κ2) is 5.55. The van der Waals surface area contributed by atoms with Crippen LogP contribution in [0.25, 0.3) is 21.1 Å². The Hall–Kier alpha value is -2.00. The van der Waals surface area contributed by atoms with E-state index in [1.54, 1.807) is 11.3 Å². The van der Waals surface area contributed by atoms with Crippen molar-refractivity contribution < 1.29 is 0 Å². The summed E-state index contributed by atoms with van der Waals surface area (Å²) in [5.41, 5.74) is 3.60. The molecule has 0 bridgehead atoms. The van der Waals surface area contributed by atoms with E-state index < -0.39 is 0 Å². The maximum Gasteiger partial charge on any atom is 0.148 e. The second-order valence-electron chi connectivity index (χ2n) is 5.06. The van der Waals surface area contributed by atoms with E-state index in [0.717, 1.165) is 21.1 Å². The highest BCUT2D eigenvalue weighted by Gasteiger charge is 2.09. The fraction of sp³-hybridized carbons (Fsp3) is 0.176. The molecule has 0 atom stereocenters. The van der Waals surface area contributed by atoms with E-state index in [0.29, 0.717) is 5.92 Å². The minimum absolute atomic E-state index is 0.525. The van der Waals surface area contributed by atoms with Gasteiger partial charge in [-0.2, -0.15) is 0 Å². The predicted octanol–water partition coefficient (Wildman–Crippen LogP) is 5.00. The van der Waals surface area contributed by atoms with Crippen LogP contribution in [0.15, 0.2) is 54.6 Å². The van der Waals surface area contributed by atoms with E-state index in [-0.39, 0.29) is 0 Å². The molecule has 1 aromatic heterocycles. The Morgan fingerprint density at radius 1 is 0.800 bits per heavy atom. The van der Waals surface area contributed by atoms with E-state index in [1.165, 1.54) is 5.56 Å². The van der Waals surface area contributed by atoms with Gasteiger partial charge in [-0.1, -0.05) is 73.7 Å². The molecule has 0 aliphatic carbocycles. The minimum Gasteiger partial charge on any atom is -0.138 e. The third kappa shape index (κ3) is 2.63. The number of aromatic nitrogens is 2. The van der Waals surface area contributed by atoms with Crippen molar-refractivity contribution in [1.82, 2.24) is 10.2 Å². The molecule has 1 heterocycles. The van der Waals surface area contributed by atoms with Crippen molar-refractivity contribution in [3.8, 4) is 21.1 Å². The predicted molar refractivity (Wildman–Crippen MR) is 84.9 cm³/mol. The quantitative estimate of drug-likeness (QED) is 0.675. The molecule has 0 unspecified atom stereocenters. The van der Waals surface area contributed by atoms with Crippen LogP contribution < -0.4 is 0 Å². The van der Waals surface area contributed by atoms with Gasteiger partial charge in [0.2, 0.25) is 0 Å². The van der Waals surface area contributed by atoms with E-state index in [4.69, 9.17) is 0 Å². The molecular formula is C17H16N2S. The van der Waals surface area contributed by atoms with Gasteiger partial charge in [-0.05, 0) is 17.5 Å². The summed E-state index contributed by atoms with van der Waals surface area (Å²) in [5.74, 6) is 0.525. The molecule has 3 rings (SSSR count). The standard InChI is InChI=1S/C17H16N2S/c1-12(2)14-9-6-10-15(11-14)17-19-18-16(20-17)13-7-4-3-5-8-13/h3-12H,1-2H3. The number of nitrogens with zero attached hydrogens (tertiary/aromatic N) is 2. The molecule has 0 aliphatic rings. The highest BCUT2D eigenvalue weighted by molar-refractivity contribution is 7.17. The maximum absolute atomic E-state index is 4.33. The molecule has 20 heavy (non-hydrogen) atoms. The molecule has 0 saturated carbocycles. The lowest BCUT2D eigenvalue weighted by molar-refractivity contribution is 0.867. The smallest absolute Gasteiger partial charge is 0.138 e. The molecular weight excluding hydrogens is 264 g/mol. The number of benzene rings is 2. The summed E-state index contributed by atoms with van der Waals surface area (Å²) >= 11 is 1.64. The molecule has 3 aromatic rings. The van der Waals surface area contributed by atoms with Gasteiger partial charge in [0.15, 0.2) is 0 Å². The number of hydrogen-bond donors (Lipinski definition) is 0. The average Bonchev–Trinajstić information content (AvgIpc) is 2.98. The SMILES string of the molecule is CC(C)c1cccc(-c2nnc(-c3ccccc3)s2)c1. The maximum atomic E-state index is 4.33. The van der Waals surface area contributed by atoms with Crippen molar-refractivity contribution in [2.45, 2.75) is 19.8 Å². The molecule has 0 aliphatic heterocycles. The summed E-state index contributed by atoms with van der Waals surface area (Å²) in [6.45, 7) is 4.41. The van der Waals surface area contributed by atoms with Crippen LogP contribution in [-0.4, -0.2) is 10.2 Å². The van der Waals surface area contributed by atoms with Crippen LogP contribution >= 0.6 is 11.3 Å². The van der Waals surface area contributed by atoms with Gasteiger partial charge in [-0.3, -0.25) is 0 Å². The van der Waals surface area contributed by atoms with Gasteiger partial charge < -0.3 is 0 Å². The third-order valence-corrected chi connectivity index (χ3v) is 4.27. The van der Waals surface area contributed by atoms with Crippen LogP contribution in [0, 0.1) is 0 Å². The summed E-state index contributed by atoms with van der Waals surface area (Å²) in [6, 6.07) is 18.7. The number of rotatable bonds is 3. The molecule has 0 amide bonds. The number of hydrogen-bond acceptors (Lipinski definition) is 3. The Morgan fingerprint density at radius 2 is 1.45 bits per heavy atom. The van der Waals surface area contributed by atoms with Crippen molar-refractivity contribution in [3.05, 3.63) is 60.2 Å². The Labute approximate surface area is 123 Å². The van der Waals surface area contributed by atoms with Crippen LogP contribution in [0.1, 0.15) is 25.3 Å². The third-order valence-electron chi connectivity index (χ3n) is 3.25. The molecule has 0 spiro atoms. The highest BCUT2D eigenvalue weighted by atomic mass is 32.1. The fourth-order valence-corrected chi connectivity index (χ4v) is 2.91. The zero-order valence-electron chi connectivity index (χ0n) is 11.6. The normalized spacial score (nSPS) is 10.9. The van der Waals surface area contributed by atoms with Gasteiger partial charge in [0, 0.05) is 11.1 Å². The lowest BCUT2D eigenvalue weighted by atomic mass is 10.0. The van der Waals surface area contributed by atoms with E-state index in [2.05, 4.69) is 60.4 Å². The Kier molecular flexibility index (Phi) is 3.61. The highest BCUT2D eigenvalue weighted by Crippen LogP contribution is 2.31. The van der Waals surface area contributed by atoms with E-state index in [1.807, 2.05) is 18.2 Å². The summed E-state index contributed by atoms with van der Waals surface area (Å²) in [6.07, 6.45) is 0. The molecule has 0 fully saturated rings.